The molecule has 3 N–H and O–H groups in total. The lowest BCUT2D eigenvalue weighted by Crippen LogP contribution is -2.56. The van der Waals surface area contributed by atoms with Gasteiger partial charge in [-0.25, -0.2) is 13.1 Å². The van der Waals surface area contributed by atoms with Crippen LogP contribution in [-0.2, 0) is 32.5 Å². The number of nitrogens with zero attached hydrogens (tertiary/aromatic N) is 1. The SMILES string of the molecule is Cc1ccc(S(=O)(=O)NC(=O)[C@H](Cc2c[nH]c3ccccc23)NC(=O)[C@@H](Cc2ccc(-c3ccccc3)cc2)N(C)C(=O)c2cc(C)cc(C)c2)cc1. The zero-order valence-corrected chi connectivity index (χ0v) is 30.9. The van der Waals surface area contributed by atoms with Gasteiger partial charge in [0.25, 0.3) is 21.8 Å². The summed E-state index contributed by atoms with van der Waals surface area (Å²) >= 11 is 0. The second-order valence-electron chi connectivity index (χ2n) is 13.5. The molecule has 3 amide bonds. The van der Waals surface area contributed by atoms with Gasteiger partial charge in [-0.3, -0.25) is 14.4 Å². The second kappa shape index (κ2) is 15.7. The Balaban J connectivity index is 1.33. The summed E-state index contributed by atoms with van der Waals surface area (Å²) in [6.45, 7) is 5.64. The molecule has 270 valence electrons. The number of nitrogens with one attached hydrogen (secondary N) is 3. The maximum Gasteiger partial charge on any atom is 0.264 e. The van der Waals surface area contributed by atoms with Crippen LogP contribution in [0.4, 0.5) is 0 Å². The molecular weight excluding hydrogens is 685 g/mol. The first-order valence-electron chi connectivity index (χ1n) is 17.4. The number of rotatable bonds is 12. The number of aromatic amines is 1. The van der Waals surface area contributed by atoms with E-state index in [2.05, 4.69) is 15.0 Å². The van der Waals surface area contributed by atoms with E-state index in [1.165, 1.54) is 17.0 Å². The Labute approximate surface area is 310 Å². The van der Waals surface area contributed by atoms with E-state index in [4.69, 9.17) is 0 Å². The third kappa shape index (κ3) is 8.73. The molecule has 2 atom stereocenters. The lowest BCUT2D eigenvalue weighted by Gasteiger charge is -2.29. The predicted molar refractivity (Wildman–Crippen MR) is 208 cm³/mol. The van der Waals surface area contributed by atoms with Crippen LogP contribution < -0.4 is 10.0 Å². The number of aromatic nitrogens is 1. The molecule has 0 fully saturated rings. The normalized spacial score (nSPS) is 12.5. The summed E-state index contributed by atoms with van der Waals surface area (Å²) in [6, 6.07) is 34.5. The summed E-state index contributed by atoms with van der Waals surface area (Å²) in [6.07, 6.45) is 1.86. The van der Waals surface area contributed by atoms with Gasteiger partial charge in [0.1, 0.15) is 12.1 Å². The van der Waals surface area contributed by atoms with Crippen LogP contribution in [0.5, 0.6) is 0 Å². The maximum absolute atomic E-state index is 14.5. The van der Waals surface area contributed by atoms with Crippen LogP contribution >= 0.6 is 0 Å². The summed E-state index contributed by atoms with van der Waals surface area (Å²) in [5, 5.41) is 3.68. The number of sulfonamides is 1. The molecule has 9 nitrogen and oxygen atoms in total. The van der Waals surface area contributed by atoms with Crippen molar-refractivity contribution in [1.82, 2.24) is 19.9 Å². The van der Waals surface area contributed by atoms with E-state index in [0.717, 1.165) is 44.3 Å². The van der Waals surface area contributed by atoms with Crippen LogP contribution in [0.15, 0.2) is 132 Å². The minimum Gasteiger partial charge on any atom is -0.361 e. The molecule has 53 heavy (non-hydrogen) atoms. The van der Waals surface area contributed by atoms with Crippen molar-refractivity contribution in [3.05, 3.63) is 161 Å². The number of hydrogen-bond donors (Lipinski definition) is 3. The highest BCUT2D eigenvalue weighted by Gasteiger charge is 2.33. The van der Waals surface area contributed by atoms with Gasteiger partial charge in [-0.1, -0.05) is 108 Å². The Morgan fingerprint density at radius 1 is 0.698 bits per heavy atom. The first-order chi connectivity index (χ1) is 25.4. The van der Waals surface area contributed by atoms with Crippen molar-refractivity contribution in [1.29, 1.82) is 0 Å². The first kappa shape index (κ1) is 36.8. The highest BCUT2D eigenvalue weighted by molar-refractivity contribution is 7.90. The van der Waals surface area contributed by atoms with Gasteiger partial charge in [0.15, 0.2) is 0 Å². The molecule has 0 aliphatic carbocycles. The molecule has 1 heterocycles. The Morgan fingerprint density at radius 2 is 1.32 bits per heavy atom. The molecule has 0 spiro atoms. The quantitative estimate of drug-likeness (QED) is 0.130. The standard InChI is InChI=1S/C43H42N4O5S/c1-28-14-20-36(21-15-28)53(51,52)46-41(48)39(26-35-27-44-38-13-9-8-12-37(35)38)45-42(49)40(47(4)43(50)34-23-29(2)22-30(3)24-34)25-31-16-18-33(19-17-31)32-10-6-5-7-11-32/h5-24,27,39-40,44H,25-26H2,1-4H3,(H,45,49)(H,46,48)/t39-,40+/m0/s1. The Kier molecular flexibility index (Phi) is 10.9. The minimum atomic E-state index is -4.27. The molecule has 0 aliphatic rings. The summed E-state index contributed by atoms with van der Waals surface area (Å²) in [5.74, 6) is -1.87. The first-order valence-corrected chi connectivity index (χ1v) is 18.8. The summed E-state index contributed by atoms with van der Waals surface area (Å²) in [7, 11) is -2.70. The number of likely N-dealkylation sites (N-methyl/N-ethyl adjacent to an activating group) is 1. The predicted octanol–water partition coefficient (Wildman–Crippen LogP) is 6.68. The number of hydrogen-bond acceptors (Lipinski definition) is 5. The number of carbonyl (C=O) groups excluding carboxylic acids is 3. The number of fused-ring (bicyclic) bond motifs is 1. The number of amides is 3. The molecule has 1 aromatic heterocycles. The molecule has 0 saturated heterocycles. The lowest BCUT2D eigenvalue weighted by molar-refractivity contribution is -0.130. The van der Waals surface area contributed by atoms with Gasteiger partial charge in [0.05, 0.1) is 4.90 Å². The molecule has 0 bridgehead atoms. The van der Waals surface area contributed by atoms with Gasteiger partial charge in [-0.2, -0.15) is 0 Å². The van der Waals surface area contributed by atoms with E-state index in [1.807, 2.05) is 106 Å². The van der Waals surface area contributed by atoms with Gasteiger partial charge < -0.3 is 15.2 Å². The van der Waals surface area contributed by atoms with Gasteiger partial charge in [0, 0.05) is 42.6 Å². The highest BCUT2D eigenvalue weighted by Crippen LogP contribution is 2.23. The molecule has 0 aliphatic heterocycles. The summed E-state index contributed by atoms with van der Waals surface area (Å²) in [5.41, 5.74) is 7.48. The van der Waals surface area contributed by atoms with Gasteiger partial charge >= 0.3 is 0 Å². The van der Waals surface area contributed by atoms with E-state index in [9.17, 15) is 22.8 Å². The van der Waals surface area contributed by atoms with Gasteiger partial charge in [0.2, 0.25) is 5.91 Å². The van der Waals surface area contributed by atoms with Crippen molar-refractivity contribution >= 4 is 38.6 Å². The van der Waals surface area contributed by atoms with Crippen molar-refractivity contribution in [3.63, 3.8) is 0 Å². The number of benzene rings is 5. The number of carbonyl (C=O) groups is 3. The fourth-order valence-corrected chi connectivity index (χ4v) is 7.53. The minimum absolute atomic E-state index is 0.0156. The van der Waals surface area contributed by atoms with Crippen LogP contribution in [0.25, 0.3) is 22.0 Å². The van der Waals surface area contributed by atoms with E-state index in [-0.39, 0.29) is 23.6 Å². The number of para-hydroxylation sites is 1. The third-order valence-electron chi connectivity index (χ3n) is 9.35. The maximum atomic E-state index is 14.5. The fraction of sp³-hybridized carbons (Fsp3) is 0.186. The average Bonchev–Trinajstić information content (AvgIpc) is 3.55. The largest absolute Gasteiger partial charge is 0.361 e. The van der Waals surface area contributed by atoms with Crippen LogP contribution in [0.1, 0.15) is 38.2 Å². The molecule has 0 unspecified atom stereocenters. The summed E-state index contributed by atoms with van der Waals surface area (Å²) in [4.78, 5) is 46.9. The number of H-pyrrole nitrogens is 1. The highest BCUT2D eigenvalue weighted by atomic mass is 32.2. The molecule has 6 aromatic rings. The van der Waals surface area contributed by atoms with Crippen molar-refractivity contribution < 1.29 is 22.8 Å². The fourth-order valence-electron chi connectivity index (χ4n) is 6.51. The van der Waals surface area contributed by atoms with Crippen LogP contribution in [-0.4, -0.2) is 55.2 Å². The Bertz CT molecular complexity index is 2350. The average molecular weight is 727 g/mol. The Hall–Kier alpha value is -6.00. The van der Waals surface area contributed by atoms with E-state index in [1.54, 1.807) is 37.5 Å². The topological polar surface area (TPSA) is 128 Å². The molecule has 0 saturated carbocycles. The van der Waals surface area contributed by atoms with Crippen molar-refractivity contribution in [2.75, 3.05) is 7.05 Å². The van der Waals surface area contributed by atoms with Gasteiger partial charge in [-0.05, 0) is 73.4 Å². The van der Waals surface area contributed by atoms with Crippen molar-refractivity contribution in [2.24, 2.45) is 0 Å². The van der Waals surface area contributed by atoms with Crippen LogP contribution in [0.3, 0.4) is 0 Å². The smallest absolute Gasteiger partial charge is 0.264 e. The second-order valence-corrected chi connectivity index (χ2v) is 15.2. The molecule has 10 heteroatoms. The van der Waals surface area contributed by atoms with Crippen LogP contribution in [0, 0.1) is 20.8 Å². The summed E-state index contributed by atoms with van der Waals surface area (Å²) < 4.78 is 28.9. The monoisotopic (exact) mass is 726 g/mol. The zero-order valence-electron chi connectivity index (χ0n) is 30.1. The van der Waals surface area contributed by atoms with E-state index in [0.29, 0.717) is 11.1 Å². The van der Waals surface area contributed by atoms with Crippen molar-refractivity contribution in [2.45, 2.75) is 50.6 Å². The molecular formula is C43H42N4O5S. The Morgan fingerprint density at radius 3 is 2.00 bits per heavy atom. The van der Waals surface area contributed by atoms with Crippen molar-refractivity contribution in [3.8, 4) is 11.1 Å². The molecule has 0 radical (unpaired) electrons. The third-order valence-corrected chi connectivity index (χ3v) is 10.7. The van der Waals surface area contributed by atoms with Crippen LogP contribution in [0.2, 0.25) is 0 Å². The molecule has 6 rings (SSSR count). The zero-order chi connectivity index (χ0) is 37.7. The molecule has 5 aromatic carbocycles. The lowest BCUT2D eigenvalue weighted by atomic mass is 9.98. The van der Waals surface area contributed by atoms with Gasteiger partial charge in [-0.15, -0.1) is 0 Å². The number of aryl methyl sites for hydroxylation is 3. The van der Waals surface area contributed by atoms with E-state index < -0.39 is 33.9 Å². The van der Waals surface area contributed by atoms with E-state index >= 15 is 0 Å².